The first kappa shape index (κ1) is 15.3. The van der Waals surface area contributed by atoms with E-state index in [4.69, 9.17) is 15.6 Å². The van der Waals surface area contributed by atoms with Gasteiger partial charge >= 0.3 is 5.56 Å². The number of rotatable bonds is 3. The molecule has 0 amide bonds. The van der Waals surface area contributed by atoms with Crippen LogP contribution in [0.2, 0.25) is 0 Å². The highest BCUT2D eigenvalue weighted by Gasteiger charge is 2.44. The lowest BCUT2D eigenvalue weighted by Gasteiger charge is -2.16. The van der Waals surface area contributed by atoms with E-state index in [1.807, 2.05) is 0 Å². The third-order valence-corrected chi connectivity index (χ3v) is 3.53. The number of fused-ring (bicyclic) bond motifs is 1. The number of aliphatic hydroxyl groups is 3. The van der Waals surface area contributed by atoms with Crippen LogP contribution in [0.4, 0.5) is 5.95 Å². The fourth-order valence-corrected chi connectivity index (χ4v) is 2.41. The van der Waals surface area contributed by atoms with Gasteiger partial charge in [0.2, 0.25) is 5.95 Å². The van der Waals surface area contributed by atoms with Gasteiger partial charge in [0.25, 0.3) is 6.08 Å². The van der Waals surface area contributed by atoms with Gasteiger partial charge in [0.15, 0.2) is 17.4 Å². The lowest BCUT2D eigenvalue weighted by atomic mass is 10.1. The maximum Gasteiger partial charge on any atom is 0.304 e. The van der Waals surface area contributed by atoms with Gasteiger partial charge in [0.1, 0.15) is 18.3 Å². The van der Waals surface area contributed by atoms with Gasteiger partial charge in [-0.3, -0.25) is 9.36 Å². The molecule has 23 heavy (non-hydrogen) atoms. The van der Waals surface area contributed by atoms with Crippen molar-refractivity contribution in [2.75, 3.05) is 12.3 Å². The van der Waals surface area contributed by atoms with Gasteiger partial charge in [-0.05, 0) is 0 Å². The van der Waals surface area contributed by atoms with Gasteiger partial charge in [-0.1, -0.05) is 5.10 Å². The molecule has 0 bridgehead atoms. The Hall–Kier alpha value is -2.63. The summed E-state index contributed by atoms with van der Waals surface area (Å²) in [5, 5.41) is 32.0. The third-order valence-electron chi connectivity index (χ3n) is 3.53. The zero-order valence-electron chi connectivity index (χ0n) is 11.5. The van der Waals surface area contributed by atoms with Crippen molar-refractivity contribution in [3.8, 4) is 0 Å². The number of isocyanates is 1. The number of nitrogen functional groups attached to an aromatic ring is 1. The van der Waals surface area contributed by atoms with Crippen LogP contribution in [0.5, 0.6) is 0 Å². The molecule has 0 aromatic carbocycles. The molecule has 1 aliphatic heterocycles. The largest absolute Gasteiger partial charge is 0.394 e. The fraction of sp³-hybridized carbons (Fsp3) is 0.455. The van der Waals surface area contributed by atoms with Gasteiger partial charge in [-0.25, -0.2) is 9.78 Å². The molecule has 122 valence electrons. The highest BCUT2D eigenvalue weighted by molar-refractivity contribution is 5.71. The summed E-state index contributed by atoms with van der Waals surface area (Å²) in [7, 11) is 0. The molecule has 2 aromatic heterocycles. The minimum absolute atomic E-state index is 0.0281. The lowest BCUT2D eigenvalue weighted by molar-refractivity contribution is -0.0511. The maximum absolute atomic E-state index is 12.1. The summed E-state index contributed by atoms with van der Waals surface area (Å²) in [6.07, 6.45) is -2.47. The van der Waals surface area contributed by atoms with Crippen LogP contribution in [-0.4, -0.2) is 65.5 Å². The van der Waals surface area contributed by atoms with E-state index in [2.05, 4.69) is 15.1 Å². The molecule has 4 atom stereocenters. The number of ether oxygens (including phenoxy) is 1. The molecule has 1 fully saturated rings. The van der Waals surface area contributed by atoms with Crippen LogP contribution >= 0.6 is 0 Å². The molecule has 0 spiro atoms. The fourth-order valence-electron chi connectivity index (χ4n) is 2.41. The average molecular weight is 324 g/mol. The van der Waals surface area contributed by atoms with E-state index < -0.39 is 36.7 Å². The maximum atomic E-state index is 12.1. The third kappa shape index (κ3) is 2.21. The van der Waals surface area contributed by atoms with E-state index in [0.717, 1.165) is 6.33 Å². The van der Waals surface area contributed by atoms with Gasteiger partial charge in [0, 0.05) is 0 Å². The van der Waals surface area contributed by atoms with Crippen LogP contribution in [-0.2, 0) is 9.53 Å². The number of hydrogen-bond acceptors (Lipinski definition) is 10. The predicted molar refractivity (Wildman–Crippen MR) is 72.7 cm³/mol. The van der Waals surface area contributed by atoms with Crippen molar-refractivity contribution in [1.82, 2.24) is 19.2 Å². The molecule has 0 radical (unpaired) electrons. The standard InChI is InChI=1S/C11H12N6O6/c12-11-15-8-5(9(22)17(11)14-3-19)13-2-16(8)10-7(21)6(20)4(1-18)23-10/h2,4,6-7,10,18,20-21H,1H2,(H2,12,15)/t4-,6?,7?,10-/m1/s1. The topological polar surface area (TPSA) is 178 Å². The van der Waals surface area contributed by atoms with E-state index in [0.29, 0.717) is 4.68 Å². The van der Waals surface area contributed by atoms with Gasteiger partial charge < -0.3 is 25.8 Å². The summed E-state index contributed by atoms with van der Waals surface area (Å²) in [4.78, 5) is 30.2. The van der Waals surface area contributed by atoms with Crippen molar-refractivity contribution >= 4 is 23.2 Å². The molecule has 3 heterocycles. The molecule has 0 aliphatic carbocycles. The molecule has 1 saturated heterocycles. The number of aromatic nitrogens is 4. The Morgan fingerprint density at radius 3 is 2.78 bits per heavy atom. The molecular formula is C11H12N6O6. The Labute approximate surface area is 127 Å². The lowest BCUT2D eigenvalue weighted by Crippen LogP contribution is -2.33. The van der Waals surface area contributed by atoms with E-state index in [-0.39, 0.29) is 17.1 Å². The minimum Gasteiger partial charge on any atom is -0.394 e. The monoisotopic (exact) mass is 324 g/mol. The quantitative estimate of drug-likeness (QED) is 0.336. The minimum atomic E-state index is -1.37. The second-order valence-corrected chi connectivity index (χ2v) is 4.83. The zero-order chi connectivity index (χ0) is 16.7. The first-order chi connectivity index (χ1) is 11.0. The van der Waals surface area contributed by atoms with E-state index in [1.165, 1.54) is 10.6 Å². The molecule has 3 rings (SSSR count). The van der Waals surface area contributed by atoms with Crippen molar-refractivity contribution in [2.24, 2.45) is 5.10 Å². The highest BCUT2D eigenvalue weighted by atomic mass is 16.6. The first-order valence-electron chi connectivity index (χ1n) is 6.45. The van der Waals surface area contributed by atoms with Crippen LogP contribution in [0.15, 0.2) is 16.2 Å². The Bertz CT molecular complexity index is 855. The summed E-state index contributed by atoms with van der Waals surface area (Å²) in [6, 6.07) is 0. The van der Waals surface area contributed by atoms with E-state index in [1.54, 1.807) is 0 Å². The van der Waals surface area contributed by atoms with Gasteiger partial charge in [0.05, 0.1) is 12.9 Å². The van der Waals surface area contributed by atoms with Gasteiger partial charge in [-0.15, -0.1) is 4.68 Å². The Balaban J connectivity index is 2.14. The molecular weight excluding hydrogens is 312 g/mol. The summed E-state index contributed by atoms with van der Waals surface area (Å²) in [5.74, 6) is -0.389. The summed E-state index contributed by atoms with van der Waals surface area (Å²) in [5.41, 5.74) is 4.56. The second kappa shape index (κ2) is 5.53. The average Bonchev–Trinajstić information content (AvgIpc) is 3.06. The SMILES string of the molecule is Nc1nc2c(ncn2[C@@H]2O[C@H](CO)C(O)C2O)c(=O)n1N=C=O. The molecule has 5 N–H and O–H groups in total. The number of hydrogen-bond donors (Lipinski definition) is 4. The van der Waals surface area contributed by atoms with Crippen molar-refractivity contribution in [2.45, 2.75) is 24.5 Å². The Morgan fingerprint density at radius 2 is 2.17 bits per heavy atom. The van der Waals surface area contributed by atoms with Crippen molar-refractivity contribution in [1.29, 1.82) is 0 Å². The highest BCUT2D eigenvalue weighted by Crippen LogP contribution is 2.30. The number of carbonyl (C=O) groups excluding carboxylic acids is 1. The first-order valence-corrected chi connectivity index (χ1v) is 6.45. The molecule has 2 aromatic rings. The Kier molecular flexibility index (Phi) is 3.67. The molecule has 2 unspecified atom stereocenters. The van der Waals surface area contributed by atoms with Crippen molar-refractivity contribution in [3.05, 3.63) is 16.7 Å². The molecule has 12 nitrogen and oxygen atoms in total. The van der Waals surface area contributed by atoms with Crippen LogP contribution in [0.1, 0.15) is 6.23 Å². The normalized spacial score (nSPS) is 27.3. The van der Waals surface area contributed by atoms with Gasteiger partial charge in [-0.2, -0.15) is 4.98 Å². The number of nitrogens with zero attached hydrogens (tertiary/aromatic N) is 5. The van der Waals surface area contributed by atoms with E-state index >= 15 is 0 Å². The smallest absolute Gasteiger partial charge is 0.304 e. The number of aliphatic hydroxyl groups excluding tert-OH is 3. The number of nitrogens with two attached hydrogens (primary N) is 1. The molecule has 12 heteroatoms. The van der Waals surface area contributed by atoms with Crippen molar-refractivity contribution < 1.29 is 24.9 Å². The van der Waals surface area contributed by atoms with Crippen LogP contribution in [0, 0.1) is 0 Å². The molecule has 1 aliphatic rings. The number of imidazole rings is 1. The van der Waals surface area contributed by atoms with E-state index in [9.17, 15) is 19.8 Å². The van der Waals surface area contributed by atoms with Crippen LogP contribution in [0.3, 0.4) is 0 Å². The number of anilines is 1. The molecule has 0 saturated carbocycles. The summed E-state index contributed by atoms with van der Waals surface area (Å²) < 4.78 is 7.07. The van der Waals surface area contributed by atoms with Crippen molar-refractivity contribution in [3.63, 3.8) is 0 Å². The summed E-state index contributed by atoms with van der Waals surface area (Å²) >= 11 is 0. The predicted octanol–water partition coefficient (Wildman–Crippen LogP) is -3.11. The Morgan fingerprint density at radius 1 is 1.43 bits per heavy atom. The summed E-state index contributed by atoms with van der Waals surface area (Å²) in [6.45, 7) is -0.502. The van der Waals surface area contributed by atoms with Crippen LogP contribution in [0.25, 0.3) is 11.2 Å². The second-order valence-electron chi connectivity index (χ2n) is 4.83. The zero-order valence-corrected chi connectivity index (χ0v) is 11.5. The van der Waals surface area contributed by atoms with Crippen LogP contribution < -0.4 is 11.3 Å².